The molecule has 0 aliphatic carbocycles. The fourth-order valence-electron chi connectivity index (χ4n) is 1.80. The molecule has 2 aromatic rings. The van der Waals surface area contributed by atoms with Gasteiger partial charge in [-0.25, -0.2) is 9.78 Å². The smallest absolute Gasteiger partial charge is 0.339 e. The zero-order valence-electron chi connectivity index (χ0n) is 10.1. The summed E-state index contributed by atoms with van der Waals surface area (Å²) in [5, 5.41) is 19.2. The SMILES string of the molecule is CC(C)n1cncc1C(O)c1occc1C(=O)O. The van der Waals surface area contributed by atoms with Crippen LogP contribution in [0, 0.1) is 0 Å². The topological polar surface area (TPSA) is 88.5 Å². The Morgan fingerprint density at radius 3 is 2.83 bits per heavy atom. The van der Waals surface area contributed by atoms with Crippen molar-refractivity contribution in [2.45, 2.75) is 26.0 Å². The Morgan fingerprint density at radius 2 is 2.22 bits per heavy atom. The third kappa shape index (κ3) is 2.02. The maximum atomic E-state index is 11.0. The van der Waals surface area contributed by atoms with E-state index in [9.17, 15) is 9.90 Å². The van der Waals surface area contributed by atoms with Crippen LogP contribution < -0.4 is 0 Å². The lowest BCUT2D eigenvalue weighted by molar-refractivity contribution is 0.0687. The standard InChI is InChI=1S/C12H14N2O4/c1-7(2)14-6-13-5-9(14)10(15)11-8(12(16)17)3-4-18-11/h3-7,10,15H,1-2H3,(H,16,17). The molecule has 0 bridgehead atoms. The molecule has 96 valence electrons. The minimum atomic E-state index is -1.14. The van der Waals surface area contributed by atoms with E-state index in [1.807, 2.05) is 13.8 Å². The zero-order valence-corrected chi connectivity index (χ0v) is 10.1. The van der Waals surface area contributed by atoms with Gasteiger partial charge in [-0.2, -0.15) is 0 Å². The van der Waals surface area contributed by atoms with Crippen LogP contribution in [-0.4, -0.2) is 25.7 Å². The second-order valence-corrected chi connectivity index (χ2v) is 4.23. The Kier molecular flexibility index (Phi) is 3.20. The maximum Gasteiger partial charge on any atom is 0.339 e. The Balaban J connectivity index is 2.42. The number of furan rings is 1. The molecule has 6 nitrogen and oxygen atoms in total. The van der Waals surface area contributed by atoms with Crippen molar-refractivity contribution in [2.24, 2.45) is 0 Å². The number of carbonyl (C=O) groups is 1. The molecule has 2 heterocycles. The summed E-state index contributed by atoms with van der Waals surface area (Å²) >= 11 is 0. The summed E-state index contributed by atoms with van der Waals surface area (Å²) in [6, 6.07) is 1.43. The van der Waals surface area contributed by atoms with Crippen LogP contribution in [-0.2, 0) is 0 Å². The number of aromatic carboxylic acids is 1. The van der Waals surface area contributed by atoms with E-state index in [-0.39, 0.29) is 17.4 Å². The van der Waals surface area contributed by atoms with Crippen LogP contribution >= 0.6 is 0 Å². The van der Waals surface area contributed by atoms with E-state index >= 15 is 0 Å². The third-order valence-corrected chi connectivity index (χ3v) is 2.71. The van der Waals surface area contributed by atoms with Gasteiger partial charge in [0.15, 0.2) is 11.9 Å². The first-order chi connectivity index (χ1) is 8.52. The third-order valence-electron chi connectivity index (χ3n) is 2.71. The molecule has 1 unspecified atom stereocenters. The summed E-state index contributed by atoms with van der Waals surface area (Å²) in [5.74, 6) is -1.11. The number of hydrogen-bond donors (Lipinski definition) is 2. The summed E-state index contributed by atoms with van der Waals surface area (Å²) < 4.78 is 6.84. The highest BCUT2D eigenvalue weighted by molar-refractivity contribution is 5.88. The number of hydrogen-bond acceptors (Lipinski definition) is 4. The van der Waals surface area contributed by atoms with Gasteiger partial charge in [-0.15, -0.1) is 0 Å². The molecule has 0 spiro atoms. The largest absolute Gasteiger partial charge is 0.478 e. The quantitative estimate of drug-likeness (QED) is 0.864. The Morgan fingerprint density at radius 1 is 1.50 bits per heavy atom. The monoisotopic (exact) mass is 250 g/mol. The van der Waals surface area contributed by atoms with Gasteiger partial charge in [0.05, 0.1) is 24.5 Å². The maximum absolute atomic E-state index is 11.0. The molecule has 6 heteroatoms. The van der Waals surface area contributed by atoms with Crippen molar-refractivity contribution < 1.29 is 19.4 Å². The highest BCUT2D eigenvalue weighted by Crippen LogP contribution is 2.27. The van der Waals surface area contributed by atoms with E-state index in [2.05, 4.69) is 4.98 Å². The summed E-state index contributed by atoms with van der Waals surface area (Å²) in [4.78, 5) is 14.9. The van der Waals surface area contributed by atoms with Gasteiger partial charge in [-0.1, -0.05) is 0 Å². The van der Waals surface area contributed by atoms with E-state index in [4.69, 9.17) is 9.52 Å². The summed E-state index contributed by atoms with van der Waals surface area (Å²) in [6.07, 6.45) is 3.19. The lowest BCUT2D eigenvalue weighted by atomic mass is 10.1. The normalized spacial score (nSPS) is 12.9. The number of nitrogens with zero attached hydrogens (tertiary/aromatic N) is 2. The van der Waals surface area contributed by atoms with Gasteiger partial charge < -0.3 is 19.2 Å². The number of aliphatic hydroxyl groups excluding tert-OH is 1. The Labute approximate surface area is 103 Å². The molecule has 1 atom stereocenters. The summed E-state index contributed by atoms with van der Waals surface area (Å²) in [6.45, 7) is 3.89. The minimum absolute atomic E-state index is 0.0184. The lowest BCUT2D eigenvalue weighted by Crippen LogP contribution is -2.12. The van der Waals surface area contributed by atoms with Gasteiger partial charge in [0, 0.05) is 6.04 Å². The molecular weight excluding hydrogens is 236 g/mol. The van der Waals surface area contributed by atoms with Crippen molar-refractivity contribution in [2.75, 3.05) is 0 Å². The number of imidazole rings is 1. The van der Waals surface area contributed by atoms with Crippen LogP contribution in [0.15, 0.2) is 29.3 Å². The molecule has 0 amide bonds. The van der Waals surface area contributed by atoms with Crippen LogP contribution in [0.4, 0.5) is 0 Å². The van der Waals surface area contributed by atoms with E-state index in [1.54, 1.807) is 10.9 Å². The van der Waals surface area contributed by atoms with Crippen molar-refractivity contribution >= 4 is 5.97 Å². The van der Waals surface area contributed by atoms with Gasteiger partial charge in [-0.3, -0.25) is 0 Å². The van der Waals surface area contributed by atoms with Crippen molar-refractivity contribution in [1.29, 1.82) is 0 Å². The molecule has 0 aromatic carbocycles. The zero-order chi connectivity index (χ0) is 13.3. The van der Waals surface area contributed by atoms with Crippen LogP contribution in [0.25, 0.3) is 0 Å². The van der Waals surface area contributed by atoms with Crippen LogP contribution in [0.2, 0.25) is 0 Å². The highest BCUT2D eigenvalue weighted by atomic mass is 16.4. The van der Waals surface area contributed by atoms with E-state index in [0.717, 1.165) is 0 Å². The van der Waals surface area contributed by atoms with Crippen molar-refractivity contribution in [3.05, 3.63) is 41.9 Å². The Bertz CT molecular complexity index is 556. The molecular formula is C12H14N2O4. The first-order valence-electron chi connectivity index (χ1n) is 5.52. The molecule has 0 aliphatic rings. The highest BCUT2D eigenvalue weighted by Gasteiger charge is 2.25. The number of carboxylic acid groups (broad SMARTS) is 1. The van der Waals surface area contributed by atoms with Gasteiger partial charge in [0.25, 0.3) is 0 Å². The fourth-order valence-corrected chi connectivity index (χ4v) is 1.80. The first kappa shape index (κ1) is 12.4. The molecule has 2 N–H and O–H groups in total. The average molecular weight is 250 g/mol. The molecule has 0 fully saturated rings. The number of rotatable bonds is 4. The van der Waals surface area contributed by atoms with Gasteiger partial charge >= 0.3 is 5.97 Å². The van der Waals surface area contributed by atoms with Crippen molar-refractivity contribution in [1.82, 2.24) is 9.55 Å². The predicted octanol–water partition coefficient (Wildman–Crippen LogP) is 1.84. The van der Waals surface area contributed by atoms with E-state index < -0.39 is 12.1 Å². The van der Waals surface area contributed by atoms with Crippen molar-refractivity contribution in [3.8, 4) is 0 Å². The van der Waals surface area contributed by atoms with E-state index in [0.29, 0.717) is 5.69 Å². The molecule has 0 saturated carbocycles. The second kappa shape index (κ2) is 4.66. The van der Waals surface area contributed by atoms with E-state index in [1.165, 1.54) is 18.5 Å². The van der Waals surface area contributed by atoms with Gasteiger partial charge in [-0.05, 0) is 19.9 Å². The summed E-state index contributed by atoms with van der Waals surface area (Å²) in [5.41, 5.74) is 0.460. The van der Waals surface area contributed by atoms with Gasteiger partial charge in [0.2, 0.25) is 0 Å². The fraction of sp³-hybridized carbons (Fsp3) is 0.333. The average Bonchev–Trinajstić information content (AvgIpc) is 2.97. The number of aromatic nitrogens is 2. The second-order valence-electron chi connectivity index (χ2n) is 4.23. The number of carboxylic acids is 1. The predicted molar refractivity (Wildman–Crippen MR) is 62.3 cm³/mol. The number of aliphatic hydroxyl groups is 1. The molecule has 2 rings (SSSR count). The van der Waals surface area contributed by atoms with Crippen LogP contribution in [0.3, 0.4) is 0 Å². The molecule has 0 radical (unpaired) electrons. The molecule has 0 aliphatic heterocycles. The first-order valence-corrected chi connectivity index (χ1v) is 5.52. The molecule has 2 aromatic heterocycles. The minimum Gasteiger partial charge on any atom is -0.478 e. The Hall–Kier alpha value is -2.08. The molecule has 18 heavy (non-hydrogen) atoms. The summed E-state index contributed by atoms with van der Waals surface area (Å²) in [7, 11) is 0. The van der Waals surface area contributed by atoms with Gasteiger partial charge in [0.1, 0.15) is 5.56 Å². The lowest BCUT2D eigenvalue weighted by Gasteiger charge is -2.15. The van der Waals surface area contributed by atoms with Crippen LogP contribution in [0.1, 0.15) is 47.8 Å². The molecule has 0 saturated heterocycles. The van der Waals surface area contributed by atoms with Crippen molar-refractivity contribution in [3.63, 3.8) is 0 Å². The van der Waals surface area contributed by atoms with Crippen LogP contribution in [0.5, 0.6) is 0 Å².